The predicted octanol–water partition coefficient (Wildman–Crippen LogP) is 3.36. The monoisotopic (exact) mass is 510 g/mol. The number of imidazole rings is 1. The minimum Gasteiger partial charge on any atom is -0.326 e. The Morgan fingerprint density at radius 1 is 1.09 bits per heavy atom. The zero-order valence-electron chi connectivity index (χ0n) is 18.2. The second-order valence-electron chi connectivity index (χ2n) is 8.28. The van der Waals surface area contributed by atoms with Gasteiger partial charge in [-0.2, -0.15) is 0 Å². The van der Waals surface area contributed by atoms with Gasteiger partial charge in [-0.3, -0.25) is 13.9 Å². The van der Waals surface area contributed by atoms with Crippen LogP contribution in [-0.2, 0) is 34.7 Å². The standard InChI is InChI=1S/C22H24Cl2N4O4S/c1-26-19-8-7-17(11-20(19)27(2)22(26)30)25-21(29)14-4-3-9-28(12-14)33(31,32)13-15-5-6-16(23)10-18(15)24/h5-8,10-11,14H,3-4,9,12-13H2,1-2H3,(H,25,29)/t14-/m0/s1. The molecule has 1 amide bonds. The van der Waals surface area contributed by atoms with Gasteiger partial charge in [-0.25, -0.2) is 17.5 Å². The highest BCUT2D eigenvalue weighted by Crippen LogP contribution is 2.27. The van der Waals surface area contributed by atoms with Crippen molar-refractivity contribution in [1.82, 2.24) is 13.4 Å². The first kappa shape index (κ1) is 23.8. The lowest BCUT2D eigenvalue weighted by Gasteiger charge is -2.31. The van der Waals surface area contributed by atoms with Crippen molar-refractivity contribution >= 4 is 55.9 Å². The van der Waals surface area contributed by atoms with Gasteiger partial charge in [0.2, 0.25) is 15.9 Å². The molecule has 1 aliphatic heterocycles. The number of benzene rings is 2. The molecule has 1 aromatic heterocycles. The molecule has 4 rings (SSSR count). The normalized spacial score (nSPS) is 17.4. The molecule has 3 aromatic rings. The molecule has 11 heteroatoms. The molecule has 8 nitrogen and oxygen atoms in total. The third-order valence-corrected chi connectivity index (χ3v) is 8.42. The molecule has 0 radical (unpaired) electrons. The van der Waals surface area contributed by atoms with Gasteiger partial charge in [0, 0.05) is 42.9 Å². The van der Waals surface area contributed by atoms with Crippen molar-refractivity contribution in [2.45, 2.75) is 18.6 Å². The maximum atomic E-state index is 13.0. The summed E-state index contributed by atoms with van der Waals surface area (Å²) in [6.45, 7) is 0.459. The number of aromatic nitrogens is 2. The number of rotatable bonds is 5. The summed E-state index contributed by atoms with van der Waals surface area (Å²) in [4.78, 5) is 25.1. The summed E-state index contributed by atoms with van der Waals surface area (Å²) in [6.07, 6.45) is 1.17. The Labute approximate surface area is 201 Å². The molecule has 0 saturated carbocycles. The Kier molecular flexibility index (Phi) is 6.59. The summed E-state index contributed by atoms with van der Waals surface area (Å²) in [6, 6.07) is 9.97. The maximum absolute atomic E-state index is 13.0. The Morgan fingerprint density at radius 2 is 1.82 bits per heavy atom. The van der Waals surface area contributed by atoms with E-state index < -0.39 is 15.9 Å². The molecule has 0 aliphatic carbocycles. The van der Waals surface area contributed by atoms with E-state index in [1.165, 1.54) is 19.5 Å². The molecule has 0 spiro atoms. The van der Waals surface area contributed by atoms with Crippen LogP contribution in [0.3, 0.4) is 0 Å². The van der Waals surface area contributed by atoms with Crippen LogP contribution in [0.5, 0.6) is 0 Å². The lowest BCUT2D eigenvalue weighted by Crippen LogP contribution is -2.44. The number of fused-ring (bicyclic) bond motifs is 1. The summed E-state index contributed by atoms with van der Waals surface area (Å²) in [5.74, 6) is -0.986. The first-order valence-electron chi connectivity index (χ1n) is 10.4. The van der Waals surface area contributed by atoms with Crippen molar-refractivity contribution in [1.29, 1.82) is 0 Å². The largest absolute Gasteiger partial charge is 0.328 e. The summed E-state index contributed by atoms with van der Waals surface area (Å²) in [7, 11) is -0.297. The molecule has 176 valence electrons. The number of halogens is 2. The van der Waals surface area contributed by atoms with E-state index in [9.17, 15) is 18.0 Å². The van der Waals surface area contributed by atoms with Crippen molar-refractivity contribution in [3.8, 4) is 0 Å². The molecule has 0 unspecified atom stereocenters. The van der Waals surface area contributed by atoms with Gasteiger partial charge in [0.1, 0.15) is 0 Å². The van der Waals surface area contributed by atoms with E-state index in [1.807, 2.05) is 0 Å². The number of amides is 1. The number of nitrogens with one attached hydrogen (secondary N) is 1. The molecular formula is C22H24Cl2N4O4S. The topological polar surface area (TPSA) is 93.4 Å². The van der Waals surface area contributed by atoms with E-state index in [-0.39, 0.29) is 23.9 Å². The van der Waals surface area contributed by atoms with Crippen molar-refractivity contribution in [3.05, 3.63) is 62.5 Å². The fourth-order valence-electron chi connectivity index (χ4n) is 4.16. The van der Waals surface area contributed by atoms with Gasteiger partial charge in [0.05, 0.1) is 22.7 Å². The molecule has 1 saturated heterocycles. The zero-order valence-corrected chi connectivity index (χ0v) is 20.5. The van der Waals surface area contributed by atoms with E-state index in [0.29, 0.717) is 46.2 Å². The third kappa shape index (κ3) is 4.82. The fraction of sp³-hybridized carbons (Fsp3) is 0.364. The maximum Gasteiger partial charge on any atom is 0.328 e. The molecule has 1 N–H and O–H groups in total. The number of piperidine rings is 1. The van der Waals surface area contributed by atoms with Crippen LogP contribution in [0.1, 0.15) is 18.4 Å². The van der Waals surface area contributed by atoms with Crippen LogP contribution in [0.4, 0.5) is 5.69 Å². The Balaban J connectivity index is 1.47. The predicted molar refractivity (Wildman–Crippen MR) is 130 cm³/mol. The van der Waals surface area contributed by atoms with Crippen molar-refractivity contribution in [3.63, 3.8) is 0 Å². The Hall–Kier alpha value is -2.33. The number of aryl methyl sites for hydroxylation is 2. The molecule has 1 aliphatic rings. The highest BCUT2D eigenvalue weighted by Gasteiger charge is 2.33. The van der Waals surface area contributed by atoms with Gasteiger partial charge in [0.25, 0.3) is 0 Å². The SMILES string of the molecule is Cn1c(=O)n(C)c2cc(NC(=O)[C@H]3CCCN(S(=O)(=O)Cc4ccc(Cl)cc4Cl)C3)ccc21. The van der Waals surface area contributed by atoms with E-state index in [0.717, 1.165) is 5.52 Å². The molecule has 2 aromatic carbocycles. The molecule has 33 heavy (non-hydrogen) atoms. The molecule has 2 heterocycles. The minimum atomic E-state index is -3.66. The molecule has 1 fully saturated rings. The van der Waals surface area contributed by atoms with Gasteiger partial charge >= 0.3 is 5.69 Å². The van der Waals surface area contributed by atoms with Gasteiger partial charge in [0.15, 0.2) is 0 Å². The minimum absolute atomic E-state index is 0.103. The highest BCUT2D eigenvalue weighted by molar-refractivity contribution is 7.88. The summed E-state index contributed by atoms with van der Waals surface area (Å²) in [5.41, 5.74) is 2.34. The smallest absolute Gasteiger partial charge is 0.326 e. The lowest BCUT2D eigenvalue weighted by molar-refractivity contribution is -0.120. The van der Waals surface area contributed by atoms with E-state index >= 15 is 0 Å². The summed E-state index contributed by atoms with van der Waals surface area (Å²) < 4.78 is 30.4. The molecule has 0 bridgehead atoms. The number of hydrogen-bond acceptors (Lipinski definition) is 4. The van der Waals surface area contributed by atoms with Crippen LogP contribution >= 0.6 is 23.2 Å². The Bertz CT molecular complexity index is 1400. The number of carbonyl (C=O) groups is 1. The molecular weight excluding hydrogens is 487 g/mol. The number of nitrogens with zero attached hydrogens (tertiary/aromatic N) is 3. The van der Waals surface area contributed by atoms with E-state index in [4.69, 9.17) is 23.2 Å². The number of anilines is 1. The van der Waals surface area contributed by atoms with Gasteiger partial charge in [-0.05, 0) is 48.7 Å². The van der Waals surface area contributed by atoms with Crippen LogP contribution in [0.15, 0.2) is 41.2 Å². The van der Waals surface area contributed by atoms with E-state index in [1.54, 1.807) is 44.4 Å². The van der Waals surface area contributed by atoms with Crippen molar-refractivity contribution < 1.29 is 13.2 Å². The zero-order chi connectivity index (χ0) is 23.9. The average Bonchev–Trinajstić information content (AvgIpc) is 2.99. The number of carbonyl (C=O) groups excluding carboxylic acids is 1. The molecule has 1 atom stereocenters. The lowest BCUT2D eigenvalue weighted by atomic mass is 9.98. The summed E-state index contributed by atoms with van der Waals surface area (Å²) >= 11 is 12.1. The first-order valence-corrected chi connectivity index (χ1v) is 12.8. The second-order valence-corrected chi connectivity index (χ2v) is 11.1. The van der Waals surface area contributed by atoms with Crippen LogP contribution in [0, 0.1) is 5.92 Å². The number of hydrogen-bond donors (Lipinski definition) is 1. The third-order valence-electron chi connectivity index (χ3n) is 6.04. The number of sulfonamides is 1. The van der Waals surface area contributed by atoms with Gasteiger partial charge in [-0.15, -0.1) is 0 Å². The Morgan fingerprint density at radius 3 is 2.55 bits per heavy atom. The summed E-state index contributed by atoms with van der Waals surface area (Å²) in [5, 5.41) is 3.61. The van der Waals surface area contributed by atoms with Crippen molar-refractivity contribution in [2.24, 2.45) is 20.0 Å². The quantitative estimate of drug-likeness (QED) is 0.569. The van der Waals surface area contributed by atoms with Crippen LogP contribution in [-0.4, -0.2) is 40.9 Å². The average molecular weight is 511 g/mol. The van der Waals surface area contributed by atoms with E-state index in [2.05, 4.69) is 5.32 Å². The highest BCUT2D eigenvalue weighted by atomic mass is 35.5. The van der Waals surface area contributed by atoms with Crippen LogP contribution < -0.4 is 11.0 Å². The van der Waals surface area contributed by atoms with Gasteiger partial charge < -0.3 is 5.32 Å². The van der Waals surface area contributed by atoms with Crippen molar-refractivity contribution in [2.75, 3.05) is 18.4 Å². The first-order chi connectivity index (χ1) is 15.6. The van der Waals surface area contributed by atoms with Gasteiger partial charge in [-0.1, -0.05) is 29.3 Å². The van der Waals surface area contributed by atoms with Crippen LogP contribution in [0.2, 0.25) is 10.0 Å². The van der Waals surface area contributed by atoms with Crippen LogP contribution in [0.25, 0.3) is 11.0 Å². The fourth-order valence-corrected chi connectivity index (χ4v) is 6.36. The second kappa shape index (κ2) is 9.13.